The van der Waals surface area contributed by atoms with Gasteiger partial charge in [0, 0.05) is 39.3 Å². The molecule has 6 nitrogen and oxygen atoms in total. The Balaban J connectivity index is 1.51. The lowest BCUT2D eigenvalue weighted by Gasteiger charge is -2.23. The molecule has 1 aromatic carbocycles. The molecule has 0 amide bonds. The van der Waals surface area contributed by atoms with Crippen molar-refractivity contribution < 1.29 is 9.13 Å². The maximum absolute atomic E-state index is 13.7. The summed E-state index contributed by atoms with van der Waals surface area (Å²) in [5.74, 6) is 1.24. The van der Waals surface area contributed by atoms with Gasteiger partial charge in [0.05, 0.1) is 12.7 Å². The van der Waals surface area contributed by atoms with Crippen molar-refractivity contribution in [3.05, 3.63) is 48.0 Å². The van der Waals surface area contributed by atoms with Crippen LogP contribution in [0.1, 0.15) is 24.8 Å². The summed E-state index contributed by atoms with van der Waals surface area (Å²) in [6.45, 7) is 4.32. The lowest BCUT2D eigenvalue weighted by atomic mass is 10.0. The molecule has 7 heteroatoms. The number of para-hydroxylation sites is 1. The average molecular weight is 359 g/mol. The van der Waals surface area contributed by atoms with Crippen molar-refractivity contribution in [2.24, 2.45) is 12.0 Å². The summed E-state index contributed by atoms with van der Waals surface area (Å²) in [7, 11) is 3.72. The minimum atomic E-state index is -0.345. The Morgan fingerprint density at radius 3 is 2.96 bits per heavy atom. The molecule has 2 heterocycles. The summed E-state index contributed by atoms with van der Waals surface area (Å²) in [4.78, 5) is 6.62. The van der Waals surface area contributed by atoms with Crippen molar-refractivity contribution in [3.8, 4) is 5.75 Å². The third-order valence-corrected chi connectivity index (χ3v) is 4.61. The molecule has 140 valence electrons. The van der Waals surface area contributed by atoms with Crippen molar-refractivity contribution in [3.63, 3.8) is 0 Å². The Labute approximate surface area is 153 Å². The van der Waals surface area contributed by atoms with Gasteiger partial charge in [-0.2, -0.15) is 5.10 Å². The van der Waals surface area contributed by atoms with Gasteiger partial charge in [-0.05, 0) is 31.0 Å². The summed E-state index contributed by atoms with van der Waals surface area (Å²) in [5.41, 5.74) is 1.27. The van der Waals surface area contributed by atoms with Crippen molar-refractivity contribution >= 4 is 5.96 Å². The Bertz CT molecular complexity index is 760. The molecule has 2 aromatic rings. The first-order valence-electron chi connectivity index (χ1n) is 8.92. The van der Waals surface area contributed by atoms with Crippen LogP contribution in [-0.2, 0) is 7.05 Å². The maximum Gasteiger partial charge on any atom is 0.193 e. The van der Waals surface area contributed by atoms with Crippen LogP contribution >= 0.6 is 0 Å². The quantitative estimate of drug-likeness (QED) is 0.658. The molecule has 1 aliphatic rings. The fourth-order valence-corrected chi connectivity index (χ4v) is 3.24. The Kier molecular flexibility index (Phi) is 5.75. The van der Waals surface area contributed by atoms with Crippen LogP contribution in [0, 0.1) is 5.82 Å². The van der Waals surface area contributed by atoms with Gasteiger partial charge in [0.2, 0.25) is 0 Å². The van der Waals surface area contributed by atoms with Gasteiger partial charge in [-0.3, -0.25) is 9.67 Å². The van der Waals surface area contributed by atoms with E-state index >= 15 is 0 Å². The normalized spacial score (nSPS) is 18.8. The molecule has 2 unspecified atom stereocenters. The lowest BCUT2D eigenvalue weighted by Crippen LogP contribution is -2.43. The molecule has 0 aliphatic carbocycles. The number of hydrogen-bond donors (Lipinski definition) is 1. The van der Waals surface area contributed by atoms with Gasteiger partial charge in [-0.25, -0.2) is 4.39 Å². The SMILES string of the molecule is CN=C(NCC(C)Oc1ccccc1F)N1CCC(c2cnn(C)c2)C1. The van der Waals surface area contributed by atoms with Crippen molar-refractivity contribution in [1.29, 1.82) is 0 Å². The van der Waals surface area contributed by atoms with E-state index in [-0.39, 0.29) is 17.7 Å². The highest BCUT2D eigenvalue weighted by Crippen LogP contribution is 2.26. The molecule has 1 fully saturated rings. The van der Waals surface area contributed by atoms with Gasteiger partial charge in [0.25, 0.3) is 0 Å². The van der Waals surface area contributed by atoms with Gasteiger partial charge in [0.1, 0.15) is 6.10 Å². The molecule has 2 atom stereocenters. The molecule has 1 aromatic heterocycles. The fraction of sp³-hybridized carbons (Fsp3) is 0.474. The molecule has 1 N–H and O–H groups in total. The monoisotopic (exact) mass is 359 g/mol. The molecule has 0 radical (unpaired) electrons. The third-order valence-electron chi connectivity index (χ3n) is 4.61. The highest BCUT2D eigenvalue weighted by Gasteiger charge is 2.27. The van der Waals surface area contributed by atoms with Gasteiger partial charge in [0.15, 0.2) is 17.5 Å². The Morgan fingerprint density at radius 1 is 1.46 bits per heavy atom. The number of nitrogens with one attached hydrogen (secondary N) is 1. The number of nitrogens with zero attached hydrogens (tertiary/aromatic N) is 4. The van der Waals surface area contributed by atoms with Crippen molar-refractivity contribution in [1.82, 2.24) is 20.0 Å². The van der Waals surface area contributed by atoms with E-state index in [9.17, 15) is 4.39 Å². The second kappa shape index (κ2) is 8.21. The number of hydrogen-bond acceptors (Lipinski definition) is 3. The number of aromatic nitrogens is 2. The number of rotatable bonds is 5. The fourth-order valence-electron chi connectivity index (χ4n) is 3.24. The van der Waals surface area contributed by atoms with Gasteiger partial charge in [-0.15, -0.1) is 0 Å². The summed E-state index contributed by atoms with van der Waals surface area (Å²) in [5, 5.41) is 7.60. The molecule has 0 spiro atoms. The number of likely N-dealkylation sites (tertiary alicyclic amines) is 1. The van der Waals surface area contributed by atoms with Crippen LogP contribution in [-0.4, -0.2) is 53.4 Å². The average Bonchev–Trinajstić information content (AvgIpc) is 3.27. The predicted molar refractivity (Wildman–Crippen MR) is 100.0 cm³/mol. The van der Waals surface area contributed by atoms with Crippen LogP contribution < -0.4 is 10.1 Å². The topological polar surface area (TPSA) is 54.7 Å². The molecule has 0 saturated carbocycles. The van der Waals surface area contributed by atoms with E-state index in [4.69, 9.17) is 4.74 Å². The summed E-state index contributed by atoms with van der Waals surface area (Å²) in [6, 6.07) is 6.45. The van der Waals surface area contributed by atoms with Crippen LogP contribution in [0.5, 0.6) is 5.75 Å². The van der Waals surface area contributed by atoms with E-state index in [2.05, 4.69) is 26.5 Å². The van der Waals surface area contributed by atoms with Crippen LogP contribution in [0.3, 0.4) is 0 Å². The van der Waals surface area contributed by atoms with Gasteiger partial charge >= 0.3 is 0 Å². The second-order valence-electron chi connectivity index (χ2n) is 6.67. The smallest absolute Gasteiger partial charge is 0.193 e. The maximum atomic E-state index is 13.7. The van der Waals surface area contributed by atoms with Crippen LogP contribution in [0.15, 0.2) is 41.7 Å². The van der Waals surface area contributed by atoms with E-state index in [1.807, 2.05) is 24.9 Å². The summed E-state index contributed by atoms with van der Waals surface area (Å²) >= 11 is 0. The van der Waals surface area contributed by atoms with E-state index in [0.29, 0.717) is 12.5 Å². The van der Waals surface area contributed by atoms with Crippen molar-refractivity contribution in [2.45, 2.75) is 25.4 Å². The molecular weight excluding hydrogens is 333 g/mol. The second-order valence-corrected chi connectivity index (χ2v) is 6.67. The van der Waals surface area contributed by atoms with Gasteiger partial charge < -0.3 is 15.0 Å². The third kappa shape index (κ3) is 4.33. The number of halogens is 1. The minimum Gasteiger partial charge on any atom is -0.486 e. The number of aliphatic imine (C=N–C) groups is 1. The highest BCUT2D eigenvalue weighted by molar-refractivity contribution is 5.80. The molecule has 3 rings (SSSR count). The number of guanidine groups is 1. The van der Waals surface area contributed by atoms with Crippen LogP contribution in [0.25, 0.3) is 0 Å². The van der Waals surface area contributed by atoms with Crippen molar-refractivity contribution in [2.75, 3.05) is 26.7 Å². The molecule has 1 aliphatic heterocycles. The first-order chi connectivity index (χ1) is 12.6. The minimum absolute atomic E-state index is 0.180. The predicted octanol–water partition coefficient (Wildman–Crippen LogP) is 2.39. The molecular formula is C19H26FN5O. The zero-order valence-electron chi connectivity index (χ0n) is 15.5. The Morgan fingerprint density at radius 2 is 2.27 bits per heavy atom. The standard InChI is InChI=1S/C19H26FN5O/c1-14(26-18-7-5-4-6-17(18)20)10-22-19(21-2)25-9-8-15(13-25)16-11-23-24(3)12-16/h4-7,11-12,14-15H,8-10,13H2,1-3H3,(H,21,22). The number of ether oxygens (including phenoxy) is 1. The zero-order chi connectivity index (χ0) is 18.5. The summed E-state index contributed by atoms with van der Waals surface area (Å²) < 4.78 is 21.2. The molecule has 26 heavy (non-hydrogen) atoms. The van der Waals surface area contributed by atoms with Crippen LogP contribution in [0.4, 0.5) is 4.39 Å². The highest BCUT2D eigenvalue weighted by atomic mass is 19.1. The van der Waals surface area contributed by atoms with E-state index in [0.717, 1.165) is 25.5 Å². The largest absolute Gasteiger partial charge is 0.486 e. The molecule has 1 saturated heterocycles. The Hall–Kier alpha value is -2.57. The zero-order valence-corrected chi connectivity index (χ0v) is 15.5. The lowest BCUT2D eigenvalue weighted by molar-refractivity contribution is 0.212. The molecule has 0 bridgehead atoms. The number of benzene rings is 1. The first kappa shape index (κ1) is 18.2. The summed E-state index contributed by atoms with van der Waals surface area (Å²) in [6.07, 6.45) is 4.91. The number of aryl methyl sites for hydroxylation is 1. The van der Waals surface area contributed by atoms with E-state index in [1.54, 1.807) is 25.2 Å². The van der Waals surface area contributed by atoms with Gasteiger partial charge in [-0.1, -0.05) is 12.1 Å². The van der Waals surface area contributed by atoms with E-state index in [1.165, 1.54) is 11.6 Å². The first-order valence-corrected chi connectivity index (χ1v) is 8.92. The van der Waals surface area contributed by atoms with Crippen LogP contribution in [0.2, 0.25) is 0 Å². The van der Waals surface area contributed by atoms with E-state index < -0.39 is 0 Å².